The van der Waals surface area contributed by atoms with E-state index in [1.807, 2.05) is 20.8 Å². The molecule has 7 nitrogen and oxygen atoms in total. The molecule has 2 aliphatic rings. The van der Waals surface area contributed by atoms with E-state index in [0.717, 1.165) is 4.90 Å². The largest absolute Gasteiger partial charge is 0.444 e. The lowest BCUT2D eigenvalue weighted by Gasteiger charge is -2.44. The number of ether oxygens (including phenoxy) is 2. The molecule has 0 aromatic carbocycles. The number of amides is 3. The lowest BCUT2D eigenvalue weighted by atomic mass is 9.86. The van der Waals surface area contributed by atoms with E-state index in [9.17, 15) is 14.4 Å². The van der Waals surface area contributed by atoms with E-state index in [1.54, 1.807) is 11.8 Å². The molecule has 124 valence electrons. The van der Waals surface area contributed by atoms with Crippen LogP contribution in [0.25, 0.3) is 0 Å². The molecule has 0 saturated carbocycles. The lowest BCUT2D eigenvalue weighted by Crippen LogP contribution is -2.57. The molecule has 0 bridgehead atoms. The number of hydrogen-bond donors (Lipinski definition) is 0. The van der Waals surface area contributed by atoms with Gasteiger partial charge in [-0.15, -0.1) is 0 Å². The molecule has 0 atom stereocenters. The lowest BCUT2D eigenvalue weighted by molar-refractivity contribution is -0.147. The van der Waals surface area contributed by atoms with Crippen LogP contribution in [0.4, 0.5) is 9.59 Å². The van der Waals surface area contributed by atoms with Crippen molar-refractivity contribution in [2.75, 3.05) is 19.6 Å². The number of nitrogens with zero attached hydrogens (tertiary/aromatic N) is 2. The molecule has 2 rings (SSSR count). The minimum absolute atomic E-state index is 0.189. The zero-order valence-electron chi connectivity index (χ0n) is 13.7. The summed E-state index contributed by atoms with van der Waals surface area (Å²) in [6, 6.07) is 0. The van der Waals surface area contributed by atoms with Crippen molar-refractivity contribution in [2.24, 2.45) is 0 Å². The molecule has 2 aliphatic heterocycles. The van der Waals surface area contributed by atoms with E-state index in [0.29, 0.717) is 32.5 Å². The molecule has 1 spiro atoms. The van der Waals surface area contributed by atoms with E-state index >= 15 is 0 Å². The summed E-state index contributed by atoms with van der Waals surface area (Å²) in [6.07, 6.45) is 0.160. The van der Waals surface area contributed by atoms with Gasteiger partial charge in [0.2, 0.25) is 5.91 Å². The maximum Gasteiger partial charge on any atom is 0.417 e. The van der Waals surface area contributed by atoms with Crippen LogP contribution in [0, 0.1) is 0 Å². The summed E-state index contributed by atoms with van der Waals surface area (Å²) in [6.45, 7) is 8.34. The van der Waals surface area contributed by atoms with Crippen molar-refractivity contribution in [1.29, 1.82) is 0 Å². The summed E-state index contributed by atoms with van der Waals surface area (Å²) in [5, 5.41) is 0. The first-order chi connectivity index (χ1) is 10.2. The maximum absolute atomic E-state index is 12.0. The Morgan fingerprint density at radius 1 is 1.27 bits per heavy atom. The minimum Gasteiger partial charge on any atom is -0.444 e. The zero-order valence-corrected chi connectivity index (χ0v) is 13.7. The number of imide groups is 1. The van der Waals surface area contributed by atoms with Crippen molar-refractivity contribution in [3.05, 3.63) is 0 Å². The second-order valence-corrected chi connectivity index (χ2v) is 6.83. The van der Waals surface area contributed by atoms with Crippen LogP contribution in [-0.2, 0) is 14.3 Å². The Kier molecular flexibility index (Phi) is 4.35. The van der Waals surface area contributed by atoms with E-state index in [4.69, 9.17) is 9.47 Å². The second kappa shape index (κ2) is 5.78. The standard InChI is InChI=1S/C15H24N2O5/c1-5-17-11(18)10-15(22-13(17)20)6-8-16(9-7-15)12(19)21-14(2,3)4/h5-10H2,1-4H3. The summed E-state index contributed by atoms with van der Waals surface area (Å²) in [5.41, 5.74) is -1.31. The van der Waals surface area contributed by atoms with Crippen molar-refractivity contribution < 1.29 is 23.9 Å². The van der Waals surface area contributed by atoms with Gasteiger partial charge in [0.05, 0.1) is 6.42 Å². The number of likely N-dealkylation sites (tertiary alicyclic amines) is 1. The summed E-state index contributed by atoms with van der Waals surface area (Å²) in [5.74, 6) is -0.204. The molecular formula is C15H24N2O5. The number of carbonyl (C=O) groups is 3. The average Bonchev–Trinajstić information content (AvgIpc) is 2.36. The molecule has 2 heterocycles. The van der Waals surface area contributed by atoms with Crippen LogP contribution in [0.1, 0.15) is 47.0 Å². The Morgan fingerprint density at radius 2 is 1.86 bits per heavy atom. The highest BCUT2D eigenvalue weighted by Crippen LogP contribution is 2.34. The first-order valence-electron chi connectivity index (χ1n) is 7.67. The fourth-order valence-electron chi connectivity index (χ4n) is 2.76. The van der Waals surface area contributed by atoms with Gasteiger partial charge in [0.25, 0.3) is 0 Å². The zero-order chi connectivity index (χ0) is 16.5. The van der Waals surface area contributed by atoms with Gasteiger partial charge in [-0.3, -0.25) is 4.79 Å². The van der Waals surface area contributed by atoms with E-state index in [1.165, 1.54) is 0 Å². The number of hydrogen-bond acceptors (Lipinski definition) is 5. The van der Waals surface area contributed by atoms with E-state index in [2.05, 4.69) is 0 Å². The van der Waals surface area contributed by atoms with Crippen LogP contribution in [0.5, 0.6) is 0 Å². The maximum atomic E-state index is 12.0. The van der Waals surface area contributed by atoms with Crippen LogP contribution >= 0.6 is 0 Å². The number of carbonyl (C=O) groups excluding carboxylic acids is 3. The predicted octanol–water partition coefficient (Wildman–Crippen LogP) is 2.14. The molecular weight excluding hydrogens is 288 g/mol. The highest BCUT2D eigenvalue weighted by atomic mass is 16.6. The monoisotopic (exact) mass is 312 g/mol. The van der Waals surface area contributed by atoms with Gasteiger partial charge in [-0.05, 0) is 27.7 Å². The third kappa shape index (κ3) is 3.51. The normalized spacial score (nSPS) is 21.8. The smallest absolute Gasteiger partial charge is 0.417 e. The van der Waals surface area contributed by atoms with Crippen LogP contribution in [0.3, 0.4) is 0 Å². The molecule has 0 aromatic heterocycles. The molecule has 2 saturated heterocycles. The Bertz CT molecular complexity index is 455. The van der Waals surface area contributed by atoms with Gasteiger partial charge in [0.1, 0.15) is 11.2 Å². The summed E-state index contributed by atoms with van der Waals surface area (Å²) >= 11 is 0. The summed E-state index contributed by atoms with van der Waals surface area (Å²) in [7, 11) is 0. The van der Waals surface area contributed by atoms with Crippen LogP contribution in [0.15, 0.2) is 0 Å². The number of piperidine rings is 1. The first kappa shape index (κ1) is 16.6. The molecule has 0 aliphatic carbocycles. The van der Waals surface area contributed by atoms with Gasteiger partial charge in [0, 0.05) is 32.5 Å². The van der Waals surface area contributed by atoms with Crippen LogP contribution in [0.2, 0.25) is 0 Å². The van der Waals surface area contributed by atoms with Gasteiger partial charge in [-0.1, -0.05) is 0 Å². The molecule has 0 N–H and O–H groups in total. The van der Waals surface area contributed by atoms with Crippen molar-refractivity contribution in [2.45, 2.75) is 58.2 Å². The van der Waals surface area contributed by atoms with Gasteiger partial charge in [0.15, 0.2) is 0 Å². The van der Waals surface area contributed by atoms with Crippen molar-refractivity contribution >= 4 is 18.1 Å². The quantitative estimate of drug-likeness (QED) is 0.741. The highest BCUT2D eigenvalue weighted by molar-refractivity contribution is 5.94. The second-order valence-electron chi connectivity index (χ2n) is 6.83. The molecule has 3 amide bonds. The first-order valence-corrected chi connectivity index (χ1v) is 7.67. The van der Waals surface area contributed by atoms with Gasteiger partial charge in [-0.25, -0.2) is 14.5 Å². The Labute approximate surface area is 130 Å². The molecule has 0 radical (unpaired) electrons. The fraction of sp³-hybridized carbons (Fsp3) is 0.800. The number of rotatable bonds is 1. The van der Waals surface area contributed by atoms with Gasteiger partial charge in [-0.2, -0.15) is 0 Å². The molecule has 7 heteroatoms. The molecule has 0 aromatic rings. The SMILES string of the molecule is CCN1C(=O)CC2(CCN(C(=O)OC(C)(C)C)CC2)OC1=O. The van der Waals surface area contributed by atoms with Crippen molar-refractivity contribution in [3.8, 4) is 0 Å². The highest BCUT2D eigenvalue weighted by Gasteiger charge is 2.47. The molecule has 22 heavy (non-hydrogen) atoms. The van der Waals surface area contributed by atoms with Crippen LogP contribution in [-0.4, -0.2) is 58.7 Å². The summed E-state index contributed by atoms with van der Waals surface area (Å²) in [4.78, 5) is 38.7. The third-order valence-corrected chi connectivity index (χ3v) is 3.94. The molecule has 0 unspecified atom stereocenters. The van der Waals surface area contributed by atoms with Crippen molar-refractivity contribution in [1.82, 2.24) is 9.80 Å². The summed E-state index contributed by atoms with van der Waals surface area (Å²) < 4.78 is 10.8. The third-order valence-electron chi connectivity index (χ3n) is 3.94. The molecule has 2 fully saturated rings. The van der Waals surface area contributed by atoms with Crippen LogP contribution < -0.4 is 0 Å². The fourth-order valence-corrected chi connectivity index (χ4v) is 2.76. The van der Waals surface area contributed by atoms with E-state index < -0.39 is 17.3 Å². The van der Waals surface area contributed by atoms with Gasteiger partial charge < -0.3 is 14.4 Å². The van der Waals surface area contributed by atoms with E-state index in [-0.39, 0.29) is 18.4 Å². The Morgan fingerprint density at radius 3 is 2.32 bits per heavy atom. The average molecular weight is 312 g/mol. The topological polar surface area (TPSA) is 76.2 Å². The van der Waals surface area contributed by atoms with Crippen molar-refractivity contribution in [3.63, 3.8) is 0 Å². The Balaban J connectivity index is 1.96. The predicted molar refractivity (Wildman–Crippen MR) is 78.3 cm³/mol. The minimum atomic E-state index is -0.766. The van der Waals surface area contributed by atoms with Gasteiger partial charge >= 0.3 is 12.2 Å². The Hall–Kier alpha value is -1.79.